The number of nitrogens with one attached hydrogen (secondary N) is 2. The standard InChI is InChI=1S/C24H36N4O4.C2H6/c1-7-17(14-25-6)28-15(3)11-16-12-20-19(13-18(16)22(28)30)27(10-9-26-21(29)8-2)23(31)24(4,5)32-20;1-2/h12-13,15,17,25H,7-11,14H2,1-6H3,(H,26,29);1-2H3. The summed E-state index contributed by atoms with van der Waals surface area (Å²) in [5, 5.41) is 6.01. The van der Waals surface area contributed by atoms with Crippen LogP contribution in [0.4, 0.5) is 5.69 Å². The number of ether oxygens (including phenoxy) is 1. The highest BCUT2D eigenvalue weighted by Gasteiger charge is 2.43. The topological polar surface area (TPSA) is 91.0 Å². The first-order valence-electron chi connectivity index (χ1n) is 12.6. The quantitative estimate of drug-likeness (QED) is 0.604. The molecule has 0 spiro atoms. The molecule has 1 aromatic rings. The number of carbonyl (C=O) groups excluding carboxylic acids is 3. The van der Waals surface area contributed by atoms with Gasteiger partial charge < -0.3 is 25.2 Å². The third-order valence-electron chi connectivity index (χ3n) is 6.34. The Bertz CT molecular complexity index is 899. The van der Waals surface area contributed by atoms with E-state index in [-0.39, 0.29) is 29.8 Å². The van der Waals surface area contributed by atoms with Crippen molar-refractivity contribution in [3.8, 4) is 5.75 Å². The smallest absolute Gasteiger partial charge is 0.270 e. The van der Waals surface area contributed by atoms with E-state index in [0.717, 1.165) is 24.9 Å². The maximum atomic E-state index is 13.5. The summed E-state index contributed by atoms with van der Waals surface area (Å²) in [6.45, 7) is 14.8. The fraction of sp³-hybridized carbons (Fsp3) is 0.654. The number of hydrogen-bond acceptors (Lipinski definition) is 5. The average molecular weight is 475 g/mol. The summed E-state index contributed by atoms with van der Waals surface area (Å²) < 4.78 is 6.07. The van der Waals surface area contributed by atoms with Crippen LogP contribution in [0.1, 0.15) is 77.2 Å². The van der Waals surface area contributed by atoms with Crippen molar-refractivity contribution in [1.82, 2.24) is 15.5 Å². The minimum atomic E-state index is -1.02. The fourth-order valence-corrected chi connectivity index (χ4v) is 4.63. The molecule has 2 N–H and O–H groups in total. The molecule has 2 atom stereocenters. The van der Waals surface area contributed by atoms with Crippen molar-refractivity contribution >= 4 is 23.4 Å². The molecule has 0 aromatic heterocycles. The molecule has 0 fully saturated rings. The second-order valence-electron chi connectivity index (χ2n) is 9.14. The predicted octanol–water partition coefficient (Wildman–Crippen LogP) is 3.13. The number of amides is 3. The van der Waals surface area contributed by atoms with Crippen LogP contribution in [0.25, 0.3) is 0 Å². The third kappa shape index (κ3) is 5.54. The van der Waals surface area contributed by atoms with Gasteiger partial charge in [0.25, 0.3) is 11.8 Å². The second kappa shape index (κ2) is 11.7. The van der Waals surface area contributed by atoms with Gasteiger partial charge in [0, 0.05) is 43.7 Å². The van der Waals surface area contributed by atoms with Gasteiger partial charge in [0.15, 0.2) is 5.60 Å². The Labute approximate surface area is 204 Å². The number of carbonyl (C=O) groups is 3. The molecule has 0 aliphatic carbocycles. The van der Waals surface area contributed by atoms with Gasteiger partial charge in [0.1, 0.15) is 5.75 Å². The number of nitrogens with zero attached hydrogens (tertiary/aromatic N) is 2. The summed E-state index contributed by atoms with van der Waals surface area (Å²) >= 11 is 0. The maximum absolute atomic E-state index is 13.5. The van der Waals surface area contributed by atoms with Gasteiger partial charge in [-0.2, -0.15) is 0 Å². The van der Waals surface area contributed by atoms with Crippen LogP contribution in [0, 0.1) is 0 Å². The summed E-state index contributed by atoms with van der Waals surface area (Å²) in [6, 6.07) is 3.89. The van der Waals surface area contributed by atoms with E-state index in [9.17, 15) is 14.4 Å². The fourth-order valence-electron chi connectivity index (χ4n) is 4.63. The van der Waals surface area contributed by atoms with E-state index in [2.05, 4.69) is 24.5 Å². The molecule has 2 aliphatic rings. The van der Waals surface area contributed by atoms with E-state index >= 15 is 0 Å². The summed E-state index contributed by atoms with van der Waals surface area (Å²) in [5.41, 5.74) is 1.13. The number of likely N-dealkylation sites (N-methyl/N-ethyl adjacent to an activating group) is 1. The van der Waals surface area contributed by atoms with E-state index in [0.29, 0.717) is 36.5 Å². The molecule has 2 aliphatic heterocycles. The summed E-state index contributed by atoms with van der Waals surface area (Å²) in [5.74, 6) is 0.336. The van der Waals surface area contributed by atoms with Crippen molar-refractivity contribution in [3.63, 3.8) is 0 Å². The molecule has 3 amide bonds. The number of benzene rings is 1. The van der Waals surface area contributed by atoms with E-state index in [1.807, 2.05) is 31.9 Å². The molecular formula is C26H42N4O4. The van der Waals surface area contributed by atoms with Crippen molar-refractivity contribution in [3.05, 3.63) is 23.3 Å². The first-order chi connectivity index (χ1) is 16.1. The molecule has 1 aromatic carbocycles. The Morgan fingerprint density at radius 3 is 2.50 bits per heavy atom. The van der Waals surface area contributed by atoms with Crippen molar-refractivity contribution in [1.29, 1.82) is 0 Å². The van der Waals surface area contributed by atoms with Gasteiger partial charge in [-0.05, 0) is 58.4 Å². The molecule has 34 heavy (non-hydrogen) atoms. The Balaban J connectivity index is 0.00000199. The first-order valence-corrected chi connectivity index (χ1v) is 12.6. The normalized spacial score (nSPS) is 19.4. The van der Waals surface area contributed by atoms with Crippen molar-refractivity contribution < 1.29 is 19.1 Å². The number of fused-ring (bicyclic) bond motifs is 2. The van der Waals surface area contributed by atoms with Crippen molar-refractivity contribution in [2.24, 2.45) is 0 Å². The van der Waals surface area contributed by atoms with E-state index in [4.69, 9.17) is 4.74 Å². The zero-order chi connectivity index (χ0) is 25.6. The lowest BCUT2D eigenvalue weighted by Crippen LogP contribution is -2.55. The maximum Gasteiger partial charge on any atom is 0.270 e. The lowest BCUT2D eigenvalue weighted by atomic mass is 9.90. The molecule has 0 saturated heterocycles. The Hall–Kier alpha value is -2.61. The van der Waals surface area contributed by atoms with Gasteiger partial charge in [-0.1, -0.05) is 27.7 Å². The van der Waals surface area contributed by atoms with Crippen LogP contribution < -0.4 is 20.3 Å². The van der Waals surface area contributed by atoms with Crippen LogP contribution in [0.2, 0.25) is 0 Å². The van der Waals surface area contributed by atoms with Gasteiger partial charge in [-0.25, -0.2) is 0 Å². The highest BCUT2D eigenvalue weighted by Crippen LogP contribution is 2.41. The van der Waals surface area contributed by atoms with Crippen LogP contribution in [-0.2, 0) is 16.0 Å². The first kappa shape index (κ1) is 27.6. The van der Waals surface area contributed by atoms with Gasteiger partial charge in [-0.3, -0.25) is 14.4 Å². The molecule has 3 rings (SSSR count). The average Bonchev–Trinajstić information content (AvgIpc) is 2.81. The minimum absolute atomic E-state index is 0.0137. The number of hydrogen-bond donors (Lipinski definition) is 2. The van der Waals surface area contributed by atoms with E-state index < -0.39 is 5.60 Å². The van der Waals surface area contributed by atoms with Gasteiger partial charge in [-0.15, -0.1) is 0 Å². The number of rotatable bonds is 8. The second-order valence-corrected chi connectivity index (χ2v) is 9.14. The third-order valence-corrected chi connectivity index (χ3v) is 6.34. The van der Waals surface area contributed by atoms with Crippen LogP contribution >= 0.6 is 0 Å². The highest BCUT2D eigenvalue weighted by atomic mass is 16.5. The molecule has 2 heterocycles. The molecule has 190 valence electrons. The minimum Gasteiger partial charge on any atom is -0.476 e. The van der Waals surface area contributed by atoms with Crippen LogP contribution in [0.3, 0.4) is 0 Å². The molecule has 0 saturated carbocycles. The molecule has 2 unspecified atom stereocenters. The van der Waals surface area contributed by atoms with Crippen molar-refractivity contribution in [2.75, 3.05) is 31.6 Å². The summed E-state index contributed by atoms with van der Waals surface area (Å²) in [7, 11) is 1.89. The van der Waals surface area contributed by atoms with Crippen LogP contribution in [-0.4, -0.2) is 67.0 Å². The summed E-state index contributed by atoms with van der Waals surface area (Å²) in [6.07, 6.45) is 1.98. The SMILES string of the molecule is CC.CCC(=O)NCCN1C(=O)C(C)(C)Oc2cc3c(cc21)C(=O)N(C(CC)CNC)C(C)C3. The Morgan fingerprint density at radius 2 is 1.91 bits per heavy atom. The molecular weight excluding hydrogens is 432 g/mol. The monoisotopic (exact) mass is 474 g/mol. The van der Waals surface area contributed by atoms with Gasteiger partial charge in [0.2, 0.25) is 5.91 Å². The Kier molecular flexibility index (Phi) is 9.50. The highest BCUT2D eigenvalue weighted by molar-refractivity contribution is 6.05. The van der Waals surface area contributed by atoms with Crippen molar-refractivity contribution in [2.45, 2.75) is 85.4 Å². The summed E-state index contributed by atoms with van der Waals surface area (Å²) in [4.78, 5) is 41.9. The number of anilines is 1. The van der Waals surface area contributed by atoms with E-state index in [1.54, 1.807) is 31.7 Å². The molecule has 0 bridgehead atoms. The molecule has 8 nitrogen and oxygen atoms in total. The zero-order valence-corrected chi connectivity index (χ0v) is 22.1. The largest absolute Gasteiger partial charge is 0.476 e. The zero-order valence-electron chi connectivity index (χ0n) is 22.1. The van der Waals surface area contributed by atoms with Gasteiger partial charge >= 0.3 is 0 Å². The van der Waals surface area contributed by atoms with Gasteiger partial charge in [0.05, 0.1) is 5.69 Å². The predicted molar refractivity (Wildman–Crippen MR) is 135 cm³/mol. The lowest BCUT2D eigenvalue weighted by molar-refractivity contribution is -0.132. The van der Waals surface area contributed by atoms with Crippen LogP contribution in [0.5, 0.6) is 5.75 Å². The molecule has 8 heteroatoms. The van der Waals surface area contributed by atoms with E-state index in [1.165, 1.54) is 0 Å². The lowest BCUT2D eigenvalue weighted by Gasteiger charge is -2.43. The molecule has 0 radical (unpaired) electrons. The van der Waals surface area contributed by atoms with Crippen LogP contribution in [0.15, 0.2) is 12.1 Å². The Morgan fingerprint density at radius 1 is 1.24 bits per heavy atom.